The third kappa shape index (κ3) is 4.43. The number of sulfone groups is 1. The maximum Gasteiger partial charge on any atom is 0.272 e. The van der Waals surface area contributed by atoms with E-state index >= 15 is 0 Å². The highest BCUT2D eigenvalue weighted by Crippen LogP contribution is 2.16. The van der Waals surface area contributed by atoms with E-state index < -0.39 is 27.5 Å². The Morgan fingerprint density at radius 3 is 2.45 bits per heavy atom. The summed E-state index contributed by atoms with van der Waals surface area (Å²) in [6.07, 6.45) is 2.52. The van der Waals surface area contributed by atoms with E-state index in [4.69, 9.17) is 0 Å². The smallest absolute Gasteiger partial charge is 0.272 e. The van der Waals surface area contributed by atoms with Crippen LogP contribution in [0.2, 0.25) is 0 Å². The van der Waals surface area contributed by atoms with Gasteiger partial charge in [0, 0.05) is 31.1 Å². The number of aromatic nitrogens is 2. The highest BCUT2D eigenvalue weighted by molar-refractivity contribution is 7.90. The number of nitrogens with zero attached hydrogens (tertiary/aromatic N) is 2. The number of carbonyl (C=O) groups excluding carboxylic acids is 2. The van der Waals surface area contributed by atoms with Crippen molar-refractivity contribution in [3.05, 3.63) is 65.2 Å². The first kappa shape index (κ1) is 20.5. The van der Waals surface area contributed by atoms with Crippen LogP contribution < -0.4 is 10.6 Å². The Bertz CT molecular complexity index is 1200. The Morgan fingerprint density at radius 1 is 1.10 bits per heavy atom. The summed E-state index contributed by atoms with van der Waals surface area (Å²) in [5.74, 6) is -1.51. The molecule has 2 N–H and O–H groups in total. The molecule has 3 aromatic rings. The van der Waals surface area contributed by atoms with Crippen LogP contribution in [0.4, 0.5) is 4.39 Å². The standard InChI is InChI=1S/C19H19FN4O4S/c1-12-6-7-13(11-14(12)20)17(25)21-8-9-22-18(26)16-15-5-3-4-10-24(15)19(23-16)29(2,27)28/h3-7,10-11H,8-9H2,1-2H3,(H,21,25)(H,22,26). The number of halogens is 1. The van der Waals surface area contributed by atoms with Crippen LogP contribution in [-0.4, -0.2) is 49.0 Å². The van der Waals surface area contributed by atoms with Gasteiger partial charge < -0.3 is 10.6 Å². The van der Waals surface area contributed by atoms with Gasteiger partial charge in [-0.1, -0.05) is 12.1 Å². The molecule has 3 rings (SSSR count). The van der Waals surface area contributed by atoms with Crippen molar-refractivity contribution in [2.75, 3.05) is 19.3 Å². The number of benzene rings is 1. The Kier molecular flexibility index (Phi) is 5.64. The number of aryl methyl sites for hydroxylation is 1. The molecule has 2 aromatic heterocycles. The second kappa shape index (κ2) is 8.00. The molecule has 0 saturated carbocycles. The molecular weight excluding hydrogens is 399 g/mol. The number of fused-ring (bicyclic) bond motifs is 1. The van der Waals surface area contributed by atoms with Crippen LogP contribution in [-0.2, 0) is 9.84 Å². The number of pyridine rings is 1. The first-order valence-electron chi connectivity index (χ1n) is 8.68. The Balaban J connectivity index is 1.64. The van der Waals surface area contributed by atoms with Crippen LogP contribution in [0.25, 0.3) is 5.52 Å². The summed E-state index contributed by atoms with van der Waals surface area (Å²) in [5.41, 5.74) is 0.939. The summed E-state index contributed by atoms with van der Waals surface area (Å²) in [5, 5.41) is 4.93. The molecule has 152 valence electrons. The van der Waals surface area contributed by atoms with Crippen LogP contribution in [0.15, 0.2) is 47.8 Å². The molecule has 2 heterocycles. The number of nitrogens with one attached hydrogen (secondary N) is 2. The second-order valence-corrected chi connectivity index (χ2v) is 8.36. The molecule has 2 amide bonds. The molecule has 8 nitrogen and oxygen atoms in total. The minimum atomic E-state index is -3.63. The normalized spacial score (nSPS) is 11.4. The van der Waals surface area contributed by atoms with E-state index in [2.05, 4.69) is 15.6 Å². The van der Waals surface area contributed by atoms with Gasteiger partial charge in [-0.3, -0.25) is 14.0 Å². The highest BCUT2D eigenvalue weighted by Gasteiger charge is 2.22. The van der Waals surface area contributed by atoms with E-state index in [1.807, 2.05) is 0 Å². The van der Waals surface area contributed by atoms with Crippen molar-refractivity contribution in [3.8, 4) is 0 Å². The fourth-order valence-corrected chi connectivity index (χ4v) is 3.48. The van der Waals surface area contributed by atoms with E-state index in [9.17, 15) is 22.4 Å². The molecule has 29 heavy (non-hydrogen) atoms. The topological polar surface area (TPSA) is 110 Å². The molecule has 10 heteroatoms. The van der Waals surface area contributed by atoms with Gasteiger partial charge in [-0.25, -0.2) is 17.8 Å². The predicted molar refractivity (Wildman–Crippen MR) is 104 cm³/mol. The molecule has 0 unspecified atom stereocenters. The molecule has 0 atom stereocenters. The zero-order valence-corrected chi connectivity index (χ0v) is 16.6. The molecule has 0 radical (unpaired) electrons. The van der Waals surface area contributed by atoms with Gasteiger partial charge >= 0.3 is 0 Å². The third-order valence-electron chi connectivity index (χ3n) is 4.19. The van der Waals surface area contributed by atoms with Crippen molar-refractivity contribution in [2.24, 2.45) is 0 Å². The molecular formula is C19H19FN4O4S. The first-order chi connectivity index (χ1) is 13.7. The number of hydrogen-bond acceptors (Lipinski definition) is 5. The molecule has 1 aromatic carbocycles. The zero-order valence-electron chi connectivity index (χ0n) is 15.8. The maximum absolute atomic E-state index is 13.5. The van der Waals surface area contributed by atoms with E-state index in [1.54, 1.807) is 25.1 Å². The summed E-state index contributed by atoms with van der Waals surface area (Å²) < 4.78 is 38.7. The summed E-state index contributed by atoms with van der Waals surface area (Å²) in [6.45, 7) is 1.78. The minimum Gasteiger partial charge on any atom is -0.350 e. The fraction of sp³-hybridized carbons (Fsp3) is 0.211. The SMILES string of the molecule is Cc1ccc(C(=O)NCCNC(=O)c2nc(S(C)(=O)=O)n3ccccc23)cc1F. The summed E-state index contributed by atoms with van der Waals surface area (Å²) >= 11 is 0. The Morgan fingerprint density at radius 2 is 1.79 bits per heavy atom. The Hall–Kier alpha value is -3.27. The average molecular weight is 418 g/mol. The van der Waals surface area contributed by atoms with Gasteiger partial charge in [-0.2, -0.15) is 0 Å². The quantitative estimate of drug-likeness (QED) is 0.587. The van der Waals surface area contributed by atoms with Crippen molar-refractivity contribution in [2.45, 2.75) is 12.1 Å². The summed E-state index contributed by atoms with van der Waals surface area (Å²) in [7, 11) is -3.63. The lowest BCUT2D eigenvalue weighted by molar-refractivity contribution is 0.0926. The summed E-state index contributed by atoms with van der Waals surface area (Å²) in [4.78, 5) is 28.5. The molecule has 0 spiro atoms. The molecule has 0 aliphatic carbocycles. The van der Waals surface area contributed by atoms with Crippen LogP contribution in [0.5, 0.6) is 0 Å². The lowest BCUT2D eigenvalue weighted by Gasteiger charge is -2.07. The van der Waals surface area contributed by atoms with E-state index in [-0.39, 0.29) is 29.5 Å². The van der Waals surface area contributed by atoms with E-state index in [0.29, 0.717) is 11.1 Å². The largest absolute Gasteiger partial charge is 0.350 e. The molecule has 0 fully saturated rings. The molecule has 0 aliphatic rings. The fourth-order valence-electron chi connectivity index (χ4n) is 2.71. The minimum absolute atomic E-state index is 0.0297. The monoisotopic (exact) mass is 418 g/mol. The van der Waals surface area contributed by atoms with Crippen molar-refractivity contribution in [3.63, 3.8) is 0 Å². The Labute approximate surface area is 166 Å². The first-order valence-corrected chi connectivity index (χ1v) is 10.6. The van der Waals surface area contributed by atoms with E-state index in [0.717, 1.165) is 12.3 Å². The van der Waals surface area contributed by atoms with Crippen molar-refractivity contribution in [1.82, 2.24) is 20.0 Å². The van der Waals surface area contributed by atoms with Crippen LogP contribution in [0.1, 0.15) is 26.4 Å². The number of rotatable bonds is 6. The lowest BCUT2D eigenvalue weighted by Crippen LogP contribution is -2.35. The van der Waals surface area contributed by atoms with Crippen LogP contribution in [0.3, 0.4) is 0 Å². The van der Waals surface area contributed by atoms with Gasteiger partial charge in [-0.05, 0) is 36.8 Å². The van der Waals surface area contributed by atoms with Gasteiger partial charge in [0.2, 0.25) is 15.0 Å². The van der Waals surface area contributed by atoms with Crippen molar-refractivity contribution >= 4 is 27.2 Å². The second-order valence-electron chi connectivity index (χ2n) is 6.45. The van der Waals surface area contributed by atoms with Crippen molar-refractivity contribution in [1.29, 1.82) is 0 Å². The van der Waals surface area contributed by atoms with E-state index in [1.165, 1.54) is 22.7 Å². The van der Waals surface area contributed by atoms with Gasteiger partial charge in [0.05, 0.1) is 5.52 Å². The van der Waals surface area contributed by atoms with Gasteiger partial charge in [0.25, 0.3) is 11.8 Å². The van der Waals surface area contributed by atoms with Crippen molar-refractivity contribution < 1.29 is 22.4 Å². The van der Waals surface area contributed by atoms with Crippen LogP contribution >= 0.6 is 0 Å². The average Bonchev–Trinajstić information content (AvgIpc) is 3.07. The lowest BCUT2D eigenvalue weighted by atomic mass is 10.1. The highest BCUT2D eigenvalue weighted by atomic mass is 32.2. The summed E-state index contributed by atoms with van der Waals surface area (Å²) in [6, 6.07) is 9.05. The predicted octanol–water partition coefficient (Wildman–Crippen LogP) is 1.35. The zero-order chi connectivity index (χ0) is 21.2. The molecule has 0 aliphatic heterocycles. The van der Waals surface area contributed by atoms with Gasteiger partial charge in [0.15, 0.2) is 5.69 Å². The van der Waals surface area contributed by atoms with Crippen LogP contribution in [0, 0.1) is 12.7 Å². The molecule has 0 saturated heterocycles. The molecule has 0 bridgehead atoms. The van der Waals surface area contributed by atoms with Gasteiger partial charge in [0.1, 0.15) is 5.82 Å². The maximum atomic E-state index is 13.5. The number of hydrogen-bond donors (Lipinski definition) is 2. The number of amides is 2. The van der Waals surface area contributed by atoms with Gasteiger partial charge in [-0.15, -0.1) is 0 Å². The number of carbonyl (C=O) groups is 2. The number of imidazole rings is 1. The third-order valence-corrected chi connectivity index (χ3v) is 5.14.